The number of hydrogen-bond donors (Lipinski definition) is 0. The monoisotopic (exact) mass is 402 g/mol. The molecule has 2 aromatic rings. The molecule has 1 atom stereocenters. The number of amides is 1. The minimum Gasteiger partial charge on any atom is -0.325 e. The molecule has 1 saturated heterocycles. The second-order valence-electron chi connectivity index (χ2n) is 7.26. The molecule has 0 aromatic heterocycles. The van der Waals surface area contributed by atoms with Crippen LogP contribution in [0.5, 0.6) is 0 Å². The summed E-state index contributed by atoms with van der Waals surface area (Å²) in [6.07, 6.45) is 0. The SMILES string of the molecule is Cc1ccccc1CN(CC(=O)N1CCS[C@@H]1c1ccccc1Cl)C(C)C. The van der Waals surface area contributed by atoms with Crippen molar-refractivity contribution in [2.75, 3.05) is 18.8 Å². The second-order valence-corrected chi connectivity index (χ2v) is 8.85. The van der Waals surface area contributed by atoms with Crippen molar-refractivity contribution in [1.82, 2.24) is 9.80 Å². The number of nitrogens with zero attached hydrogens (tertiary/aromatic N) is 2. The molecule has 1 aliphatic heterocycles. The fourth-order valence-electron chi connectivity index (χ4n) is 3.35. The topological polar surface area (TPSA) is 23.6 Å². The average molecular weight is 403 g/mol. The van der Waals surface area contributed by atoms with Crippen LogP contribution in [0.25, 0.3) is 0 Å². The minimum absolute atomic E-state index is 0.0127. The van der Waals surface area contributed by atoms with E-state index in [1.165, 1.54) is 11.1 Å². The van der Waals surface area contributed by atoms with Gasteiger partial charge in [-0.2, -0.15) is 0 Å². The zero-order chi connectivity index (χ0) is 19.4. The maximum Gasteiger partial charge on any atom is 0.237 e. The van der Waals surface area contributed by atoms with Crippen molar-refractivity contribution in [2.45, 2.75) is 38.7 Å². The molecule has 0 radical (unpaired) electrons. The Bertz CT molecular complexity index is 795. The summed E-state index contributed by atoms with van der Waals surface area (Å²) in [5, 5.41) is 0.744. The quantitative estimate of drug-likeness (QED) is 0.668. The summed E-state index contributed by atoms with van der Waals surface area (Å²) in [5.41, 5.74) is 3.57. The molecule has 0 bridgehead atoms. The first-order valence-corrected chi connectivity index (χ1v) is 10.8. The summed E-state index contributed by atoms with van der Waals surface area (Å²) in [5.74, 6) is 1.12. The Balaban J connectivity index is 1.73. The third kappa shape index (κ3) is 4.87. The van der Waals surface area contributed by atoms with Crippen LogP contribution in [0.1, 0.15) is 35.9 Å². The van der Waals surface area contributed by atoms with E-state index in [1.54, 1.807) is 11.8 Å². The number of aryl methyl sites for hydroxylation is 1. The first kappa shape index (κ1) is 20.2. The van der Waals surface area contributed by atoms with Crippen LogP contribution in [0.2, 0.25) is 5.02 Å². The largest absolute Gasteiger partial charge is 0.325 e. The molecule has 1 amide bonds. The highest BCUT2D eigenvalue weighted by Crippen LogP contribution is 2.40. The lowest BCUT2D eigenvalue weighted by Crippen LogP contribution is -2.42. The van der Waals surface area contributed by atoms with Crippen LogP contribution in [0.15, 0.2) is 48.5 Å². The molecule has 1 fully saturated rings. The Hall–Kier alpha value is -1.49. The number of thioether (sulfide) groups is 1. The van der Waals surface area contributed by atoms with E-state index in [2.05, 4.69) is 49.9 Å². The molecule has 0 saturated carbocycles. The van der Waals surface area contributed by atoms with Gasteiger partial charge in [-0.1, -0.05) is 54.1 Å². The van der Waals surface area contributed by atoms with Gasteiger partial charge in [-0.15, -0.1) is 11.8 Å². The highest BCUT2D eigenvalue weighted by molar-refractivity contribution is 7.99. The fraction of sp³-hybridized carbons (Fsp3) is 0.409. The lowest BCUT2D eigenvalue weighted by atomic mass is 10.1. The van der Waals surface area contributed by atoms with Gasteiger partial charge in [-0.05, 0) is 38.0 Å². The van der Waals surface area contributed by atoms with Gasteiger partial charge in [0.05, 0.1) is 6.54 Å². The Morgan fingerprint density at radius 1 is 1.22 bits per heavy atom. The average Bonchev–Trinajstić information content (AvgIpc) is 3.12. The summed E-state index contributed by atoms with van der Waals surface area (Å²) in [4.78, 5) is 17.4. The maximum absolute atomic E-state index is 13.2. The van der Waals surface area contributed by atoms with E-state index in [0.29, 0.717) is 12.6 Å². The van der Waals surface area contributed by atoms with Gasteiger partial charge in [-0.3, -0.25) is 9.69 Å². The number of carbonyl (C=O) groups excluding carboxylic acids is 1. The molecule has 27 heavy (non-hydrogen) atoms. The summed E-state index contributed by atoms with van der Waals surface area (Å²) in [7, 11) is 0. The highest BCUT2D eigenvalue weighted by Gasteiger charge is 2.32. The van der Waals surface area contributed by atoms with Crippen molar-refractivity contribution in [3.63, 3.8) is 0 Å². The minimum atomic E-state index is 0.0127. The summed E-state index contributed by atoms with van der Waals surface area (Å²) in [6, 6.07) is 16.5. The molecule has 0 spiro atoms. The number of halogens is 1. The van der Waals surface area contributed by atoms with Crippen LogP contribution >= 0.6 is 23.4 Å². The van der Waals surface area contributed by atoms with Gasteiger partial charge in [0.1, 0.15) is 5.37 Å². The van der Waals surface area contributed by atoms with E-state index in [-0.39, 0.29) is 11.3 Å². The van der Waals surface area contributed by atoms with Crippen molar-refractivity contribution in [3.05, 3.63) is 70.2 Å². The van der Waals surface area contributed by atoms with Crippen molar-refractivity contribution < 1.29 is 4.79 Å². The van der Waals surface area contributed by atoms with Gasteiger partial charge in [0, 0.05) is 35.5 Å². The van der Waals surface area contributed by atoms with Crippen molar-refractivity contribution >= 4 is 29.3 Å². The van der Waals surface area contributed by atoms with Crippen LogP contribution in [-0.2, 0) is 11.3 Å². The van der Waals surface area contributed by atoms with Gasteiger partial charge in [0.15, 0.2) is 0 Å². The van der Waals surface area contributed by atoms with Crippen molar-refractivity contribution in [2.24, 2.45) is 0 Å². The lowest BCUT2D eigenvalue weighted by molar-refractivity contribution is -0.133. The molecule has 2 aromatic carbocycles. The summed E-state index contributed by atoms with van der Waals surface area (Å²) >= 11 is 8.18. The van der Waals surface area contributed by atoms with E-state index >= 15 is 0 Å². The van der Waals surface area contributed by atoms with Gasteiger partial charge >= 0.3 is 0 Å². The zero-order valence-corrected chi connectivity index (χ0v) is 17.8. The molecular formula is C22H27ClN2OS. The van der Waals surface area contributed by atoms with Crippen LogP contribution in [0.4, 0.5) is 0 Å². The molecule has 0 unspecified atom stereocenters. The first-order valence-electron chi connectivity index (χ1n) is 9.41. The number of carbonyl (C=O) groups is 1. The molecule has 0 N–H and O–H groups in total. The predicted octanol–water partition coefficient (Wildman–Crippen LogP) is 5.13. The van der Waals surface area contributed by atoms with E-state index in [0.717, 1.165) is 29.4 Å². The van der Waals surface area contributed by atoms with E-state index in [1.807, 2.05) is 29.2 Å². The molecular weight excluding hydrogens is 376 g/mol. The predicted molar refractivity (Wildman–Crippen MR) is 115 cm³/mol. The van der Waals surface area contributed by atoms with E-state index in [4.69, 9.17) is 11.6 Å². The van der Waals surface area contributed by atoms with Crippen molar-refractivity contribution in [3.8, 4) is 0 Å². The van der Waals surface area contributed by atoms with Crippen LogP contribution < -0.4 is 0 Å². The first-order chi connectivity index (χ1) is 13.0. The molecule has 144 valence electrons. The molecule has 5 heteroatoms. The second kappa shape index (κ2) is 9.13. The Morgan fingerprint density at radius 2 is 1.93 bits per heavy atom. The van der Waals surface area contributed by atoms with Crippen molar-refractivity contribution in [1.29, 1.82) is 0 Å². The van der Waals surface area contributed by atoms with E-state index in [9.17, 15) is 4.79 Å². The Morgan fingerprint density at radius 3 is 2.63 bits per heavy atom. The third-order valence-electron chi connectivity index (χ3n) is 5.09. The fourth-order valence-corrected chi connectivity index (χ4v) is 4.97. The Kier molecular flexibility index (Phi) is 6.85. The third-order valence-corrected chi connectivity index (χ3v) is 6.67. The number of benzene rings is 2. The molecule has 3 rings (SSSR count). The number of hydrogen-bond acceptors (Lipinski definition) is 3. The molecule has 1 aliphatic rings. The number of rotatable bonds is 6. The molecule has 0 aliphatic carbocycles. The Labute approximate surface area is 171 Å². The normalized spacial score (nSPS) is 17.1. The van der Waals surface area contributed by atoms with Crippen LogP contribution in [-0.4, -0.2) is 40.6 Å². The van der Waals surface area contributed by atoms with E-state index < -0.39 is 0 Å². The van der Waals surface area contributed by atoms with Crippen LogP contribution in [0, 0.1) is 6.92 Å². The molecule has 1 heterocycles. The van der Waals surface area contributed by atoms with Gasteiger partial charge in [0.2, 0.25) is 5.91 Å². The zero-order valence-electron chi connectivity index (χ0n) is 16.2. The van der Waals surface area contributed by atoms with Gasteiger partial charge in [0.25, 0.3) is 0 Å². The smallest absolute Gasteiger partial charge is 0.237 e. The molecule has 3 nitrogen and oxygen atoms in total. The maximum atomic E-state index is 13.2. The highest BCUT2D eigenvalue weighted by atomic mass is 35.5. The standard InChI is InChI=1S/C22H27ClN2OS/c1-16(2)24(14-18-9-5-4-8-17(18)3)15-21(26)25-12-13-27-22(25)19-10-6-7-11-20(19)23/h4-11,16,22H,12-15H2,1-3H3/t22-/m1/s1. The van der Waals surface area contributed by atoms with Gasteiger partial charge in [-0.25, -0.2) is 0 Å². The van der Waals surface area contributed by atoms with Gasteiger partial charge < -0.3 is 4.90 Å². The van der Waals surface area contributed by atoms with Crippen LogP contribution in [0.3, 0.4) is 0 Å². The summed E-state index contributed by atoms with van der Waals surface area (Å²) in [6.45, 7) is 8.41. The summed E-state index contributed by atoms with van der Waals surface area (Å²) < 4.78 is 0. The lowest BCUT2D eigenvalue weighted by Gasteiger charge is -2.31.